The van der Waals surface area contributed by atoms with Gasteiger partial charge in [-0.3, -0.25) is 0 Å². The predicted molar refractivity (Wildman–Crippen MR) is 84.0 cm³/mol. The molecule has 1 fully saturated rings. The third-order valence-corrected chi connectivity index (χ3v) is 3.83. The Hall–Kier alpha value is -0.740. The molecule has 1 amide bonds. The standard InChI is InChI=1S/C15H19BrClNO2/c1-15(2,3)20-14(19)18(12-5-6-12)9-10-8-11(16)4-7-13(10)17/h4,7-8,12H,5-6,9H2,1-3H3. The Balaban J connectivity index is 2.13. The van der Waals surface area contributed by atoms with Crippen LogP contribution in [0.4, 0.5) is 4.79 Å². The number of carbonyl (C=O) groups is 1. The fourth-order valence-electron chi connectivity index (χ4n) is 1.90. The van der Waals surface area contributed by atoms with Crippen LogP contribution in [-0.4, -0.2) is 22.6 Å². The second-order valence-electron chi connectivity index (χ2n) is 6.08. The van der Waals surface area contributed by atoms with E-state index in [1.807, 2.05) is 39.0 Å². The molecular formula is C15H19BrClNO2. The zero-order valence-electron chi connectivity index (χ0n) is 12.0. The highest BCUT2D eigenvalue weighted by atomic mass is 79.9. The molecule has 0 radical (unpaired) electrons. The predicted octanol–water partition coefficient (Wildman–Crippen LogP) is 5.00. The first-order valence-electron chi connectivity index (χ1n) is 6.70. The van der Waals surface area contributed by atoms with Crippen molar-refractivity contribution >= 4 is 33.6 Å². The number of nitrogens with zero attached hydrogens (tertiary/aromatic N) is 1. The van der Waals surface area contributed by atoms with Crippen LogP contribution >= 0.6 is 27.5 Å². The Morgan fingerprint density at radius 1 is 1.45 bits per heavy atom. The van der Waals surface area contributed by atoms with E-state index in [2.05, 4.69) is 15.9 Å². The second-order valence-corrected chi connectivity index (χ2v) is 7.40. The highest BCUT2D eigenvalue weighted by molar-refractivity contribution is 9.10. The van der Waals surface area contributed by atoms with Crippen LogP contribution in [0.15, 0.2) is 22.7 Å². The molecule has 5 heteroatoms. The van der Waals surface area contributed by atoms with E-state index in [0.717, 1.165) is 22.9 Å². The first-order valence-corrected chi connectivity index (χ1v) is 7.87. The van der Waals surface area contributed by atoms with Crippen molar-refractivity contribution in [1.82, 2.24) is 4.90 Å². The lowest BCUT2D eigenvalue weighted by Gasteiger charge is -2.27. The smallest absolute Gasteiger partial charge is 0.410 e. The summed E-state index contributed by atoms with van der Waals surface area (Å²) in [6.07, 6.45) is 1.80. The van der Waals surface area contributed by atoms with Crippen molar-refractivity contribution in [3.8, 4) is 0 Å². The molecule has 0 N–H and O–H groups in total. The van der Waals surface area contributed by atoms with E-state index in [4.69, 9.17) is 16.3 Å². The summed E-state index contributed by atoms with van der Waals surface area (Å²) in [5.41, 5.74) is 0.449. The van der Waals surface area contributed by atoms with E-state index in [-0.39, 0.29) is 12.1 Å². The van der Waals surface area contributed by atoms with E-state index >= 15 is 0 Å². The summed E-state index contributed by atoms with van der Waals surface area (Å²) in [5, 5.41) is 0.669. The first kappa shape index (κ1) is 15.6. The maximum Gasteiger partial charge on any atom is 0.410 e. The average Bonchev–Trinajstić information content (AvgIpc) is 3.11. The van der Waals surface area contributed by atoms with Gasteiger partial charge in [0.2, 0.25) is 0 Å². The molecule has 110 valence electrons. The molecule has 1 aromatic rings. The molecule has 2 rings (SSSR count). The van der Waals surface area contributed by atoms with Gasteiger partial charge in [-0.1, -0.05) is 27.5 Å². The van der Waals surface area contributed by atoms with Crippen molar-refractivity contribution < 1.29 is 9.53 Å². The Kier molecular flexibility index (Phi) is 4.65. The molecule has 0 saturated heterocycles. The normalized spacial score (nSPS) is 15.1. The van der Waals surface area contributed by atoms with Gasteiger partial charge in [0.1, 0.15) is 5.60 Å². The Morgan fingerprint density at radius 3 is 2.65 bits per heavy atom. The highest BCUT2D eigenvalue weighted by Crippen LogP contribution is 2.32. The summed E-state index contributed by atoms with van der Waals surface area (Å²) < 4.78 is 6.43. The number of hydrogen-bond acceptors (Lipinski definition) is 2. The van der Waals surface area contributed by atoms with E-state index in [9.17, 15) is 4.79 Å². The van der Waals surface area contributed by atoms with Crippen LogP contribution in [0.25, 0.3) is 0 Å². The fraction of sp³-hybridized carbons (Fsp3) is 0.533. The van der Waals surface area contributed by atoms with Crippen molar-refractivity contribution in [2.75, 3.05) is 0 Å². The van der Waals surface area contributed by atoms with Crippen LogP contribution in [0.3, 0.4) is 0 Å². The van der Waals surface area contributed by atoms with E-state index in [1.54, 1.807) is 4.90 Å². The molecule has 0 heterocycles. The Labute approximate surface area is 133 Å². The highest BCUT2D eigenvalue weighted by Gasteiger charge is 2.35. The van der Waals surface area contributed by atoms with Gasteiger partial charge in [0.25, 0.3) is 0 Å². The monoisotopic (exact) mass is 359 g/mol. The summed E-state index contributed by atoms with van der Waals surface area (Å²) in [6, 6.07) is 5.95. The minimum Gasteiger partial charge on any atom is -0.444 e. The molecule has 1 saturated carbocycles. The third kappa shape index (κ3) is 4.38. The molecule has 0 aliphatic heterocycles. The molecule has 0 unspecified atom stereocenters. The quantitative estimate of drug-likeness (QED) is 0.759. The summed E-state index contributed by atoms with van der Waals surface area (Å²) >= 11 is 9.63. The molecule has 0 aromatic heterocycles. The van der Waals surface area contributed by atoms with Gasteiger partial charge in [-0.05, 0) is 57.4 Å². The molecule has 1 aromatic carbocycles. The second kappa shape index (κ2) is 5.94. The lowest BCUT2D eigenvalue weighted by Crippen LogP contribution is -2.37. The number of hydrogen-bond donors (Lipinski definition) is 0. The molecular weight excluding hydrogens is 342 g/mol. The first-order chi connectivity index (χ1) is 9.26. The fourth-order valence-corrected chi connectivity index (χ4v) is 2.48. The lowest BCUT2D eigenvalue weighted by molar-refractivity contribution is 0.0217. The van der Waals surface area contributed by atoms with Crippen LogP contribution in [0, 0.1) is 0 Å². The number of carbonyl (C=O) groups excluding carboxylic acids is 1. The summed E-state index contributed by atoms with van der Waals surface area (Å²) in [5.74, 6) is 0. The van der Waals surface area contributed by atoms with Crippen molar-refractivity contribution in [2.24, 2.45) is 0 Å². The van der Waals surface area contributed by atoms with Crippen LogP contribution in [0.5, 0.6) is 0 Å². The van der Waals surface area contributed by atoms with E-state index in [1.165, 1.54) is 0 Å². The van der Waals surface area contributed by atoms with Gasteiger partial charge in [-0.25, -0.2) is 4.79 Å². The summed E-state index contributed by atoms with van der Waals surface area (Å²) in [6.45, 7) is 6.12. The van der Waals surface area contributed by atoms with Gasteiger partial charge in [-0.2, -0.15) is 0 Å². The molecule has 1 aliphatic carbocycles. The minimum atomic E-state index is -0.481. The SMILES string of the molecule is CC(C)(C)OC(=O)N(Cc1cc(Br)ccc1Cl)C1CC1. The zero-order chi connectivity index (χ0) is 14.9. The number of rotatable bonds is 3. The van der Waals surface area contributed by atoms with Crippen LogP contribution in [-0.2, 0) is 11.3 Å². The molecule has 0 spiro atoms. The molecule has 0 atom stereocenters. The van der Waals surface area contributed by atoms with Crippen molar-refractivity contribution in [3.05, 3.63) is 33.3 Å². The molecule has 0 bridgehead atoms. The molecule has 1 aliphatic rings. The maximum absolute atomic E-state index is 12.3. The van der Waals surface area contributed by atoms with Gasteiger partial charge in [0.05, 0.1) is 6.54 Å². The van der Waals surface area contributed by atoms with Gasteiger partial charge in [-0.15, -0.1) is 0 Å². The van der Waals surface area contributed by atoms with E-state index in [0.29, 0.717) is 11.6 Å². The topological polar surface area (TPSA) is 29.5 Å². The number of halogens is 2. The van der Waals surface area contributed by atoms with Crippen molar-refractivity contribution in [1.29, 1.82) is 0 Å². The zero-order valence-corrected chi connectivity index (χ0v) is 14.3. The van der Waals surface area contributed by atoms with Gasteiger partial charge >= 0.3 is 6.09 Å². The van der Waals surface area contributed by atoms with Gasteiger partial charge in [0.15, 0.2) is 0 Å². The third-order valence-electron chi connectivity index (χ3n) is 2.96. The van der Waals surface area contributed by atoms with Crippen molar-refractivity contribution in [3.63, 3.8) is 0 Å². The number of ether oxygens (including phenoxy) is 1. The lowest BCUT2D eigenvalue weighted by atomic mass is 10.2. The Bertz CT molecular complexity index is 509. The van der Waals surface area contributed by atoms with Crippen LogP contribution in [0.2, 0.25) is 5.02 Å². The average molecular weight is 361 g/mol. The van der Waals surface area contributed by atoms with Gasteiger partial charge < -0.3 is 9.64 Å². The van der Waals surface area contributed by atoms with Crippen LogP contribution in [0.1, 0.15) is 39.2 Å². The number of amides is 1. The van der Waals surface area contributed by atoms with Gasteiger partial charge in [0, 0.05) is 15.5 Å². The van der Waals surface area contributed by atoms with E-state index < -0.39 is 5.60 Å². The molecule has 20 heavy (non-hydrogen) atoms. The summed E-state index contributed by atoms with van der Waals surface area (Å²) in [7, 11) is 0. The van der Waals surface area contributed by atoms with Crippen LogP contribution < -0.4 is 0 Å². The van der Waals surface area contributed by atoms with Crippen molar-refractivity contribution in [2.45, 2.75) is 51.8 Å². The summed E-state index contributed by atoms with van der Waals surface area (Å²) in [4.78, 5) is 14.1. The largest absolute Gasteiger partial charge is 0.444 e. The minimum absolute atomic E-state index is 0.268. The number of benzene rings is 1. The maximum atomic E-state index is 12.3. The Morgan fingerprint density at radius 2 is 2.10 bits per heavy atom. The molecule has 3 nitrogen and oxygen atoms in total.